The Labute approximate surface area is 337 Å². The van der Waals surface area contributed by atoms with Crippen LogP contribution >= 0.6 is 17.0 Å². The normalized spacial score (nSPS) is 10.9. The molecule has 8 aromatic rings. The van der Waals surface area contributed by atoms with E-state index < -0.39 is 18.0 Å². The van der Waals surface area contributed by atoms with Crippen molar-refractivity contribution in [2.45, 2.75) is 52.6 Å². The van der Waals surface area contributed by atoms with E-state index in [9.17, 15) is 0 Å². The van der Waals surface area contributed by atoms with Gasteiger partial charge < -0.3 is 0 Å². The van der Waals surface area contributed by atoms with Crippen molar-refractivity contribution < 1.29 is 18.0 Å². The third kappa shape index (κ3) is 9.53. The molecular formula is C50H48Cl2SiZr-2. The van der Waals surface area contributed by atoms with Gasteiger partial charge in [-0.1, -0.05) is 207 Å². The van der Waals surface area contributed by atoms with Gasteiger partial charge in [-0.3, -0.25) is 0 Å². The second kappa shape index (κ2) is 18.7. The van der Waals surface area contributed by atoms with Gasteiger partial charge in [0, 0.05) is 0 Å². The quantitative estimate of drug-likeness (QED) is 0.116. The van der Waals surface area contributed by atoms with Crippen LogP contribution in [0.15, 0.2) is 170 Å². The van der Waals surface area contributed by atoms with Crippen molar-refractivity contribution in [3.05, 3.63) is 181 Å². The molecule has 0 aromatic heterocycles. The van der Waals surface area contributed by atoms with Crippen LogP contribution in [0.1, 0.15) is 50.7 Å². The second-order valence-corrected chi connectivity index (χ2v) is 37.6. The summed E-state index contributed by atoms with van der Waals surface area (Å²) in [7, 11) is 11.2. The van der Waals surface area contributed by atoms with Gasteiger partial charge in [0.05, 0.1) is 0 Å². The van der Waals surface area contributed by atoms with Crippen molar-refractivity contribution in [3.8, 4) is 44.5 Å². The molecule has 0 heterocycles. The van der Waals surface area contributed by atoms with Gasteiger partial charge in [-0.2, -0.15) is 12.1 Å². The summed E-state index contributed by atoms with van der Waals surface area (Å²) < 4.78 is 0. The average molecular weight is 839 g/mol. The first kappa shape index (κ1) is 39.9. The van der Waals surface area contributed by atoms with Gasteiger partial charge >= 0.3 is 53.5 Å². The summed E-state index contributed by atoms with van der Waals surface area (Å²) >= 11 is -1.65. The Morgan fingerprint density at radius 3 is 0.944 bits per heavy atom. The molecule has 4 heteroatoms. The van der Waals surface area contributed by atoms with Crippen LogP contribution in [-0.4, -0.2) is 5.43 Å². The van der Waals surface area contributed by atoms with Crippen LogP contribution in [0.5, 0.6) is 0 Å². The van der Waals surface area contributed by atoms with E-state index in [1.54, 1.807) is 0 Å². The molecule has 272 valence electrons. The van der Waals surface area contributed by atoms with Gasteiger partial charge in [0.1, 0.15) is 0 Å². The van der Waals surface area contributed by atoms with E-state index in [0.29, 0.717) is 11.8 Å². The van der Waals surface area contributed by atoms with Crippen LogP contribution in [-0.2, 0) is 18.0 Å². The Morgan fingerprint density at radius 1 is 0.426 bits per heavy atom. The molecule has 0 fully saturated rings. The molecule has 0 saturated carbocycles. The van der Waals surface area contributed by atoms with Gasteiger partial charge in [0.25, 0.3) is 0 Å². The van der Waals surface area contributed by atoms with Gasteiger partial charge in [-0.15, -0.1) is 44.8 Å². The predicted molar refractivity (Wildman–Crippen MR) is 238 cm³/mol. The molecule has 0 amide bonds. The zero-order valence-electron chi connectivity index (χ0n) is 32.1. The summed E-state index contributed by atoms with van der Waals surface area (Å²) in [6, 6.07) is 61.3. The van der Waals surface area contributed by atoms with Crippen molar-refractivity contribution >= 4 is 44.0 Å². The first-order valence-electron chi connectivity index (χ1n) is 18.8. The van der Waals surface area contributed by atoms with Gasteiger partial charge in [-0.05, 0) is 23.0 Å². The van der Waals surface area contributed by atoms with Crippen molar-refractivity contribution in [1.82, 2.24) is 0 Å². The van der Waals surface area contributed by atoms with E-state index in [2.05, 4.69) is 211 Å². The van der Waals surface area contributed by atoms with Gasteiger partial charge in [0.15, 0.2) is 0 Å². The van der Waals surface area contributed by atoms with E-state index in [0.717, 1.165) is 0 Å². The maximum atomic E-state index is 5.62. The number of fused-ring (bicyclic) bond motifs is 2. The van der Waals surface area contributed by atoms with E-state index in [-0.39, 0.29) is 5.43 Å². The van der Waals surface area contributed by atoms with E-state index in [4.69, 9.17) is 17.0 Å². The molecule has 0 saturated heterocycles. The van der Waals surface area contributed by atoms with Crippen LogP contribution in [0.2, 0.25) is 13.1 Å². The molecule has 0 aliphatic rings. The molecule has 0 radical (unpaired) electrons. The number of hydrogen-bond acceptors (Lipinski definition) is 0. The van der Waals surface area contributed by atoms with Crippen LogP contribution in [0.25, 0.3) is 66.1 Å². The Bertz CT molecular complexity index is 2120. The summed E-state index contributed by atoms with van der Waals surface area (Å²) in [5.41, 5.74) is 13.0. The maximum absolute atomic E-state index is 5.62. The average Bonchev–Trinajstić information content (AvgIpc) is 3.86. The Kier molecular flexibility index (Phi) is 13.8. The first-order chi connectivity index (χ1) is 26.1. The summed E-state index contributed by atoms with van der Waals surface area (Å²) in [4.78, 5) is 0. The topological polar surface area (TPSA) is 0 Å². The SMILES string of the molecule is CC(C)c1cc2c(-c3ccccc3)ccc(-c3ccccc3)c2[cH-]1.CC(C)c1cc2c(-c3ccccc3)ccc(-c3ccccc3)c2[cH-]1.C[Si](C)=[Zr]([Cl])[Cl]. The van der Waals surface area contributed by atoms with Crippen LogP contribution in [0.4, 0.5) is 0 Å². The summed E-state index contributed by atoms with van der Waals surface area (Å²) in [6.45, 7) is 13.4. The third-order valence-electron chi connectivity index (χ3n) is 9.87. The Balaban J connectivity index is 0.000000160. The molecule has 0 aliphatic heterocycles. The molecule has 0 N–H and O–H groups in total. The number of benzene rings is 6. The van der Waals surface area contributed by atoms with Crippen molar-refractivity contribution in [3.63, 3.8) is 0 Å². The Morgan fingerprint density at radius 2 is 0.685 bits per heavy atom. The molecule has 0 nitrogen and oxygen atoms in total. The van der Waals surface area contributed by atoms with Crippen molar-refractivity contribution in [2.24, 2.45) is 0 Å². The monoisotopic (exact) mass is 836 g/mol. The summed E-state index contributed by atoms with van der Waals surface area (Å²) in [6.07, 6.45) is 0. The summed E-state index contributed by atoms with van der Waals surface area (Å²) in [5, 5.41) is 5.41. The number of halogens is 2. The fourth-order valence-electron chi connectivity index (χ4n) is 6.79. The van der Waals surface area contributed by atoms with Crippen LogP contribution < -0.4 is 0 Å². The zero-order chi connectivity index (χ0) is 38.2. The molecule has 54 heavy (non-hydrogen) atoms. The fraction of sp³-hybridized carbons (Fsp3) is 0.160. The van der Waals surface area contributed by atoms with E-state index in [1.165, 1.54) is 77.2 Å². The van der Waals surface area contributed by atoms with Crippen molar-refractivity contribution in [2.75, 3.05) is 0 Å². The zero-order valence-corrected chi connectivity index (χ0v) is 37.0. The number of rotatable bonds is 6. The molecule has 0 bridgehead atoms. The molecule has 0 aliphatic carbocycles. The van der Waals surface area contributed by atoms with Gasteiger partial charge in [0.2, 0.25) is 0 Å². The molecular weight excluding hydrogens is 791 g/mol. The minimum absolute atomic E-state index is 0.224. The first-order valence-corrected chi connectivity index (χ1v) is 31.3. The molecule has 8 rings (SSSR count). The second-order valence-electron chi connectivity index (χ2n) is 14.6. The standard InChI is InChI=1S/2C24H21.C2H6Si.2ClH.Zr/c2*1-17(2)20-15-23-21(18-9-5-3-6-10-18)13-14-22(24(23)16-20)19-11-7-4-8-12-19;1-3-2;;;/h2*3-17H,1-2H3;1-2H3;2*1H;/q2*-1;;;;+2/p-2. The van der Waals surface area contributed by atoms with E-state index in [1.807, 2.05) is 0 Å². The molecule has 0 unspecified atom stereocenters. The molecule has 0 spiro atoms. The number of hydrogen-bond donors (Lipinski definition) is 0. The van der Waals surface area contributed by atoms with Crippen LogP contribution in [0.3, 0.4) is 0 Å². The minimum atomic E-state index is -1.65. The Hall–Kier alpha value is -3.78. The van der Waals surface area contributed by atoms with Gasteiger partial charge in [-0.25, -0.2) is 0 Å². The molecule has 8 aromatic carbocycles. The predicted octanol–water partition coefficient (Wildman–Crippen LogP) is 16.2. The van der Waals surface area contributed by atoms with Crippen molar-refractivity contribution in [1.29, 1.82) is 0 Å². The fourth-order valence-corrected chi connectivity index (χ4v) is 6.79. The molecule has 0 atom stereocenters. The van der Waals surface area contributed by atoms with Crippen LogP contribution in [0, 0.1) is 0 Å². The summed E-state index contributed by atoms with van der Waals surface area (Å²) in [5.74, 6) is 1.06. The third-order valence-corrected chi connectivity index (χ3v) is 29.6. The van der Waals surface area contributed by atoms with E-state index >= 15 is 0 Å².